The molecule has 0 bridgehead atoms. The van der Waals surface area contributed by atoms with Crippen molar-refractivity contribution in [1.29, 1.82) is 5.26 Å². The quantitative estimate of drug-likeness (QED) is 0.782. The van der Waals surface area contributed by atoms with E-state index in [0.717, 1.165) is 22.3 Å². The Morgan fingerprint density at radius 2 is 2.25 bits per heavy atom. The van der Waals surface area contributed by atoms with Crippen LogP contribution in [0.4, 0.5) is 5.00 Å². The zero-order valence-electron chi connectivity index (χ0n) is 10.6. The number of benzene rings is 1. The first kappa shape index (κ1) is 13.0. The van der Waals surface area contributed by atoms with Gasteiger partial charge in [0.15, 0.2) is 5.15 Å². The van der Waals surface area contributed by atoms with Gasteiger partial charge in [-0.05, 0) is 24.5 Å². The van der Waals surface area contributed by atoms with Crippen molar-refractivity contribution in [3.63, 3.8) is 0 Å². The lowest BCUT2D eigenvalue weighted by molar-refractivity contribution is 0.573. The summed E-state index contributed by atoms with van der Waals surface area (Å²) in [4.78, 5) is 0. The van der Waals surface area contributed by atoms with Gasteiger partial charge in [-0.25, -0.2) is 0 Å². The van der Waals surface area contributed by atoms with Crippen LogP contribution in [0.5, 0.6) is 0 Å². The highest BCUT2D eigenvalue weighted by Gasteiger charge is 2.14. The number of halogens is 1. The number of hydrogen-bond donors (Lipinski definition) is 1. The average Bonchev–Trinajstić information content (AvgIpc) is 2.96. The lowest BCUT2D eigenvalue weighted by Crippen LogP contribution is -1.99. The lowest BCUT2D eigenvalue weighted by Gasteiger charge is -2.03. The molecule has 0 radical (unpaired) electrons. The molecule has 2 aromatic heterocycles. The van der Waals surface area contributed by atoms with E-state index in [1.54, 1.807) is 0 Å². The van der Waals surface area contributed by atoms with Gasteiger partial charge < -0.3 is 9.73 Å². The van der Waals surface area contributed by atoms with E-state index in [4.69, 9.17) is 21.3 Å². The second-order valence-corrected chi connectivity index (χ2v) is 5.41. The maximum Gasteiger partial charge on any atom is 0.162 e. The third-order valence-corrected chi connectivity index (χ3v) is 4.27. The number of rotatable bonds is 3. The van der Waals surface area contributed by atoms with E-state index in [-0.39, 0.29) is 5.15 Å². The molecule has 0 saturated carbocycles. The summed E-state index contributed by atoms with van der Waals surface area (Å²) in [5.74, 6) is 0.868. The van der Waals surface area contributed by atoms with Gasteiger partial charge in [0.25, 0.3) is 0 Å². The molecular formula is C14H10ClN3OS. The fourth-order valence-corrected chi connectivity index (χ4v) is 3.03. The number of anilines is 1. The summed E-state index contributed by atoms with van der Waals surface area (Å²) in [6.45, 7) is 2.50. The van der Waals surface area contributed by atoms with E-state index in [2.05, 4.69) is 15.8 Å². The van der Waals surface area contributed by atoms with Gasteiger partial charge in [0.2, 0.25) is 0 Å². The molecule has 0 aliphatic heterocycles. The molecule has 0 unspecified atom stereocenters. The van der Waals surface area contributed by atoms with Crippen molar-refractivity contribution in [3.8, 4) is 6.07 Å². The van der Waals surface area contributed by atoms with Crippen LogP contribution in [0.1, 0.15) is 16.9 Å². The summed E-state index contributed by atoms with van der Waals surface area (Å²) in [7, 11) is 0. The topological polar surface area (TPSA) is 61.9 Å². The van der Waals surface area contributed by atoms with Gasteiger partial charge >= 0.3 is 0 Å². The number of nitrogens with zero attached hydrogens (tertiary/aromatic N) is 2. The zero-order chi connectivity index (χ0) is 14.1. The SMILES string of the molecule is Cc1oc2ccccc2c1CNc1snc(Cl)c1C#N. The molecule has 0 saturated heterocycles. The Labute approximate surface area is 124 Å². The summed E-state index contributed by atoms with van der Waals surface area (Å²) in [6, 6.07) is 9.94. The number of fused-ring (bicyclic) bond motifs is 1. The minimum Gasteiger partial charge on any atom is -0.461 e. The van der Waals surface area contributed by atoms with E-state index in [1.807, 2.05) is 31.2 Å². The minimum absolute atomic E-state index is 0.244. The molecule has 1 N–H and O–H groups in total. The first-order valence-electron chi connectivity index (χ1n) is 5.97. The average molecular weight is 304 g/mol. The lowest BCUT2D eigenvalue weighted by atomic mass is 10.1. The van der Waals surface area contributed by atoms with E-state index in [9.17, 15) is 0 Å². The second-order valence-electron chi connectivity index (χ2n) is 4.28. The molecule has 0 amide bonds. The van der Waals surface area contributed by atoms with Crippen LogP contribution < -0.4 is 5.32 Å². The highest BCUT2D eigenvalue weighted by molar-refractivity contribution is 7.10. The maximum absolute atomic E-state index is 9.05. The molecule has 2 heterocycles. The Morgan fingerprint density at radius 1 is 1.45 bits per heavy atom. The van der Waals surface area contributed by atoms with Crippen molar-refractivity contribution >= 4 is 39.1 Å². The fourth-order valence-electron chi connectivity index (χ4n) is 2.10. The molecule has 20 heavy (non-hydrogen) atoms. The van der Waals surface area contributed by atoms with Gasteiger partial charge in [-0.15, -0.1) is 0 Å². The Balaban J connectivity index is 1.91. The highest BCUT2D eigenvalue weighted by atomic mass is 35.5. The number of para-hydroxylation sites is 1. The number of hydrogen-bond acceptors (Lipinski definition) is 5. The van der Waals surface area contributed by atoms with E-state index < -0.39 is 0 Å². The number of furan rings is 1. The van der Waals surface area contributed by atoms with Crippen molar-refractivity contribution < 1.29 is 4.42 Å². The number of aromatic nitrogens is 1. The van der Waals surface area contributed by atoms with Gasteiger partial charge in [0.05, 0.1) is 0 Å². The Morgan fingerprint density at radius 3 is 3.05 bits per heavy atom. The summed E-state index contributed by atoms with van der Waals surface area (Å²) >= 11 is 7.04. The van der Waals surface area contributed by atoms with Crippen molar-refractivity contribution in [2.24, 2.45) is 0 Å². The fraction of sp³-hybridized carbons (Fsp3) is 0.143. The third kappa shape index (κ3) is 2.13. The molecule has 3 rings (SSSR count). The Bertz CT molecular complexity index is 816. The molecule has 100 valence electrons. The molecule has 0 fully saturated rings. The predicted octanol–water partition coefficient (Wildman–Crippen LogP) is 4.33. The second kappa shape index (κ2) is 5.16. The number of nitrogens with one attached hydrogen (secondary N) is 1. The van der Waals surface area contributed by atoms with E-state index in [1.165, 1.54) is 11.5 Å². The van der Waals surface area contributed by atoms with Crippen LogP contribution >= 0.6 is 23.1 Å². The monoisotopic (exact) mass is 303 g/mol. The standard InChI is InChI=1S/C14H10ClN3OS/c1-8-11(9-4-2-3-5-12(9)19-8)7-17-14-10(6-16)13(15)18-20-14/h2-5,17H,7H2,1H3. The largest absolute Gasteiger partial charge is 0.461 e. The normalized spacial score (nSPS) is 10.7. The van der Waals surface area contributed by atoms with Gasteiger partial charge in [-0.2, -0.15) is 9.64 Å². The molecule has 0 atom stereocenters. The number of aryl methyl sites for hydroxylation is 1. The van der Waals surface area contributed by atoms with Crippen LogP contribution in [0.3, 0.4) is 0 Å². The molecule has 6 heteroatoms. The van der Waals surface area contributed by atoms with Gasteiger partial charge in [0, 0.05) is 17.5 Å². The first-order chi connectivity index (χ1) is 9.70. The van der Waals surface area contributed by atoms with Gasteiger partial charge in [-0.1, -0.05) is 29.8 Å². The minimum atomic E-state index is 0.244. The smallest absolute Gasteiger partial charge is 0.162 e. The zero-order valence-corrected chi connectivity index (χ0v) is 12.2. The van der Waals surface area contributed by atoms with Gasteiger partial charge in [0.1, 0.15) is 28.0 Å². The Hall–Kier alpha value is -2.03. The molecule has 1 aromatic carbocycles. The summed E-state index contributed by atoms with van der Waals surface area (Å²) < 4.78 is 9.68. The molecule has 0 aliphatic rings. The molecule has 4 nitrogen and oxygen atoms in total. The van der Waals surface area contributed by atoms with Crippen LogP contribution in [0.2, 0.25) is 5.15 Å². The van der Waals surface area contributed by atoms with Crippen LogP contribution in [0, 0.1) is 18.3 Å². The van der Waals surface area contributed by atoms with Crippen molar-refractivity contribution in [1.82, 2.24) is 4.37 Å². The number of nitriles is 1. The van der Waals surface area contributed by atoms with E-state index >= 15 is 0 Å². The van der Waals surface area contributed by atoms with Gasteiger partial charge in [-0.3, -0.25) is 0 Å². The van der Waals surface area contributed by atoms with Crippen LogP contribution in [0.25, 0.3) is 11.0 Å². The summed E-state index contributed by atoms with van der Waals surface area (Å²) in [6.07, 6.45) is 0. The first-order valence-corrected chi connectivity index (χ1v) is 7.12. The maximum atomic E-state index is 9.05. The van der Waals surface area contributed by atoms with Crippen molar-refractivity contribution in [3.05, 3.63) is 46.3 Å². The molecule has 0 aliphatic carbocycles. The van der Waals surface area contributed by atoms with Crippen LogP contribution in [-0.2, 0) is 6.54 Å². The third-order valence-electron chi connectivity index (χ3n) is 3.09. The van der Waals surface area contributed by atoms with Crippen LogP contribution in [-0.4, -0.2) is 4.37 Å². The van der Waals surface area contributed by atoms with Crippen LogP contribution in [0.15, 0.2) is 28.7 Å². The molecule has 3 aromatic rings. The summed E-state index contributed by atoms with van der Waals surface area (Å²) in [5, 5.41) is 14.3. The molecule has 0 spiro atoms. The van der Waals surface area contributed by atoms with Crippen molar-refractivity contribution in [2.45, 2.75) is 13.5 Å². The molecular weight excluding hydrogens is 294 g/mol. The Kier molecular flexibility index (Phi) is 3.35. The van der Waals surface area contributed by atoms with Crippen molar-refractivity contribution in [2.75, 3.05) is 5.32 Å². The van der Waals surface area contributed by atoms with E-state index in [0.29, 0.717) is 17.1 Å². The summed E-state index contributed by atoms with van der Waals surface area (Å²) in [5.41, 5.74) is 2.33. The predicted molar refractivity (Wildman–Crippen MR) is 80.1 cm³/mol. The highest BCUT2D eigenvalue weighted by Crippen LogP contribution is 2.30.